The van der Waals surface area contributed by atoms with E-state index in [1.807, 2.05) is 12.1 Å². The second-order valence-corrected chi connectivity index (χ2v) is 9.94. The first-order chi connectivity index (χ1) is 12.7. The van der Waals surface area contributed by atoms with E-state index < -0.39 is 15.9 Å². The first-order valence-electron chi connectivity index (χ1n) is 8.96. The fraction of sp³-hybridized carbons (Fsp3) is 0.500. The lowest BCUT2D eigenvalue weighted by Gasteiger charge is -2.14. The van der Waals surface area contributed by atoms with E-state index in [0.717, 1.165) is 29.4 Å². The maximum Gasteiger partial charge on any atom is 0.260 e. The molecule has 0 spiro atoms. The summed E-state index contributed by atoms with van der Waals surface area (Å²) in [7, 11) is -3.24. The second-order valence-electron chi connectivity index (χ2n) is 7.05. The smallest absolute Gasteiger partial charge is 0.260 e. The summed E-state index contributed by atoms with van der Waals surface area (Å²) in [6.07, 6.45) is 6.41. The van der Waals surface area contributed by atoms with E-state index in [0.29, 0.717) is 40.6 Å². The standard InChI is InChI=1S/C18H25N3O4S2/c1-27(23,24)21-7-6-12-8-13(25-10-11-4-2-3-5-11)15-14(9-12)26-17(16(15)19)18(20)22/h8-9,11,21H,2-7,10,19H2,1H3,(H2,20,22). The largest absolute Gasteiger partial charge is 0.493 e. The molecule has 3 rings (SSSR count). The van der Waals surface area contributed by atoms with Gasteiger partial charge in [0.05, 0.1) is 23.9 Å². The lowest BCUT2D eigenvalue weighted by atomic mass is 10.1. The van der Waals surface area contributed by atoms with Crippen LogP contribution in [0.5, 0.6) is 5.75 Å². The molecule has 5 N–H and O–H groups in total. The quantitative estimate of drug-likeness (QED) is 0.614. The van der Waals surface area contributed by atoms with Gasteiger partial charge in [0.25, 0.3) is 5.91 Å². The van der Waals surface area contributed by atoms with Gasteiger partial charge in [-0.2, -0.15) is 0 Å². The third kappa shape index (κ3) is 4.91. The number of benzene rings is 1. The number of hydrogen-bond donors (Lipinski definition) is 3. The number of sulfonamides is 1. The van der Waals surface area contributed by atoms with Gasteiger partial charge in [-0.05, 0) is 42.9 Å². The predicted molar refractivity (Wildman–Crippen MR) is 109 cm³/mol. The van der Waals surface area contributed by atoms with Gasteiger partial charge in [-0.25, -0.2) is 13.1 Å². The van der Waals surface area contributed by atoms with Crippen molar-refractivity contribution in [3.8, 4) is 5.75 Å². The van der Waals surface area contributed by atoms with Crippen LogP contribution >= 0.6 is 11.3 Å². The number of primary amides is 1. The number of nitrogens with two attached hydrogens (primary N) is 2. The molecule has 0 aliphatic heterocycles. The lowest BCUT2D eigenvalue weighted by Crippen LogP contribution is -2.24. The monoisotopic (exact) mass is 411 g/mol. The van der Waals surface area contributed by atoms with Crippen LogP contribution in [0, 0.1) is 5.92 Å². The minimum Gasteiger partial charge on any atom is -0.493 e. The van der Waals surface area contributed by atoms with Crippen LogP contribution in [0.15, 0.2) is 12.1 Å². The van der Waals surface area contributed by atoms with Gasteiger partial charge in [-0.1, -0.05) is 12.8 Å². The summed E-state index contributed by atoms with van der Waals surface area (Å²) in [6.45, 7) is 0.900. The number of nitrogen functional groups attached to an aromatic ring is 1. The summed E-state index contributed by atoms with van der Waals surface area (Å²) in [5, 5.41) is 0.714. The van der Waals surface area contributed by atoms with Gasteiger partial charge in [0.15, 0.2) is 0 Å². The zero-order valence-electron chi connectivity index (χ0n) is 15.3. The van der Waals surface area contributed by atoms with Crippen LogP contribution in [0.2, 0.25) is 0 Å². The van der Waals surface area contributed by atoms with Crippen molar-refractivity contribution < 1.29 is 17.9 Å². The number of hydrogen-bond acceptors (Lipinski definition) is 6. The van der Waals surface area contributed by atoms with E-state index in [9.17, 15) is 13.2 Å². The minimum absolute atomic E-state index is 0.288. The molecular weight excluding hydrogens is 386 g/mol. The molecule has 1 aliphatic carbocycles. The van der Waals surface area contributed by atoms with Crippen molar-refractivity contribution in [2.45, 2.75) is 32.1 Å². The van der Waals surface area contributed by atoms with Crippen molar-refractivity contribution in [3.05, 3.63) is 22.6 Å². The summed E-state index contributed by atoms with van der Waals surface area (Å²) in [4.78, 5) is 12.0. The summed E-state index contributed by atoms with van der Waals surface area (Å²) in [5.74, 6) is 0.608. The molecule has 0 bridgehead atoms. The van der Waals surface area contributed by atoms with Crippen LogP contribution in [0.3, 0.4) is 0 Å². The topological polar surface area (TPSA) is 125 Å². The molecular formula is C18H25N3O4S2. The molecule has 1 aliphatic rings. The minimum atomic E-state index is -3.24. The summed E-state index contributed by atoms with van der Waals surface area (Å²) < 4.78 is 31.9. The first-order valence-corrected chi connectivity index (χ1v) is 11.7. The van der Waals surface area contributed by atoms with E-state index in [1.54, 1.807) is 0 Å². The van der Waals surface area contributed by atoms with Gasteiger partial charge < -0.3 is 16.2 Å². The zero-order valence-corrected chi connectivity index (χ0v) is 16.9. The molecule has 148 valence electrons. The van der Waals surface area contributed by atoms with Crippen molar-refractivity contribution in [1.29, 1.82) is 0 Å². The molecule has 1 fully saturated rings. The van der Waals surface area contributed by atoms with E-state index >= 15 is 0 Å². The Morgan fingerprint density at radius 3 is 2.67 bits per heavy atom. The molecule has 0 atom stereocenters. The number of amides is 1. The van der Waals surface area contributed by atoms with E-state index in [-0.39, 0.29) is 6.54 Å². The number of carbonyl (C=O) groups excluding carboxylic acids is 1. The Morgan fingerprint density at radius 2 is 2.04 bits per heavy atom. The molecule has 0 saturated heterocycles. The van der Waals surface area contributed by atoms with Gasteiger partial charge in [-0.3, -0.25) is 4.79 Å². The van der Waals surface area contributed by atoms with Crippen LogP contribution in [0.1, 0.15) is 40.9 Å². The average molecular weight is 412 g/mol. The number of carbonyl (C=O) groups is 1. The molecule has 9 heteroatoms. The Bertz CT molecular complexity index is 947. The number of ether oxygens (including phenoxy) is 1. The van der Waals surface area contributed by atoms with Crippen molar-refractivity contribution in [2.24, 2.45) is 11.7 Å². The summed E-state index contributed by atoms with van der Waals surface area (Å²) >= 11 is 1.24. The Balaban J connectivity index is 1.90. The van der Waals surface area contributed by atoms with Gasteiger partial charge in [-0.15, -0.1) is 11.3 Å². The molecule has 0 unspecified atom stereocenters. The van der Waals surface area contributed by atoms with Crippen LogP contribution in [0.4, 0.5) is 5.69 Å². The van der Waals surface area contributed by atoms with Gasteiger partial charge >= 0.3 is 0 Å². The molecule has 0 radical (unpaired) electrons. The normalized spacial score (nSPS) is 15.4. The summed E-state index contributed by atoms with van der Waals surface area (Å²) in [5.41, 5.74) is 12.9. The van der Waals surface area contributed by atoms with E-state index in [2.05, 4.69) is 4.72 Å². The highest BCUT2D eigenvalue weighted by atomic mass is 32.2. The predicted octanol–water partition coefficient (Wildman–Crippen LogP) is 2.24. The maximum absolute atomic E-state index is 11.7. The van der Waals surface area contributed by atoms with Crippen molar-refractivity contribution in [2.75, 3.05) is 25.1 Å². The van der Waals surface area contributed by atoms with Crippen LogP contribution < -0.4 is 20.9 Å². The molecule has 27 heavy (non-hydrogen) atoms. The van der Waals surface area contributed by atoms with E-state index in [1.165, 1.54) is 24.2 Å². The van der Waals surface area contributed by atoms with Crippen molar-refractivity contribution >= 4 is 43.0 Å². The first kappa shape index (κ1) is 19.9. The average Bonchev–Trinajstić information content (AvgIpc) is 3.19. The van der Waals surface area contributed by atoms with Crippen molar-refractivity contribution in [3.63, 3.8) is 0 Å². The van der Waals surface area contributed by atoms with Gasteiger partial charge in [0.1, 0.15) is 10.6 Å². The molecule has 7 nitrogen and oxygen atoms in total. The molecule has 1 amide bonds. The Hall–Kier alpha value is -1.84. The lowest BCUT2D eigenvalue weighted by molar-refractivity contribution is 0.100. The highest BCUT2D eigenvalue weighted by Gasteiger charge is 2.21. The second kappa shape index (κ2) is 8.04. The Kier molecular flexibility index (Phi) is 5.92. The molecule has 1 heterocycles. The molecule has 1 saturated carbocycles. The van der Waals surface area contributed by atoms with Crippen molar-refractivity contribution in [1.82, 2.24) is 4.72 Å². The fourth-order valence-electron chi connectivity index (χ4n) is 3.48. The number of thiophene rings is 1. The maximum atomic E-state index is 11.7. The molecule has 1 aromatic heterocycles. The number of nitrogens with one attached hydrogen (secondary N) is 1. The van der Waals surface area contributed by atoms with Crippen LogP contribution in [-0.4, -0.2) is 33.7 Å². The van der Waals surface area contributed by atoms with Gasteiger partial charge in [0, 0.05) is 11.2 Å². The third-order valence-electron chi connectivity index (χ3n) is 4.80. The molecule has 1 aromatic carbocycles. The number of rotatable bonds is 8. The van der Waals surface area contributed by atoms with Crippen LogP contribution in [-0.2, 0) is 16.4 Å². The Morgan fingerprint density at radius 1 is 1.33 bits per heavy atom. The fourth-order valence-corrected chi connectivity index (χ4v) is 5.00. The van der Waals surface area contributed by atoms with Crippen LogP contribution in [0.25, 0.3) is 10.1 Å². The van der Waals surface area contributed by atoms with Gasteiger partial charge in [0.2, 0.25) is 10.0 Å². The highest BCUT2D eigenvalue weighted by Crippen LogP contribution is 2.41. The SMILES string of the molecule is CS(=O)(=O)NCCc1cc(OCC2CCCC2)c2c(N)c(C(N)=O)sc2c1. The Labute approximate surface area is 163 Å². The zero-order chi connectivity index (χ0) is 19.6. The third-order valence-corrected chi connectivity index (χ3v) is 6.70. The summed E-state index contributed by atoms with van der Waals surface area (Å²) in [6, 6.07) is 3.80. The number of fused-ring (bicyclic) bond motifs is 1. The highest BCUT2D eigenvalue weighted by molar-refractivity contribution is 7.88. The van der Waals surface area contributed by atoms with E-state index in [4.69, 9.17) is 16.2 Å². The number of anilines is 1. The molecule has 2 aromatic rings.